The number of hydrogen-bond acceptors (Lipinski definition) is 6. The first-order chi connectivity index (χ1) is 14.1. The number of aromatic hydroxyl groups is 1. The summed E-state index contributed by atoms with van der Waals surface area (Å²) in [5, 5.41) is 31.9. The van der Waals surface area contributed by atoms with E-state index in [1.54, 1.807) is 30.3 Å². The SMILES string of the molecule is CC1(C)CC[C@@H](OC(=O)C=Cc2ccc(O)cc2)[C@]2(C)[C@@H]3C(=CC[C@@]12O)CO[C@@H]3O. The van der Waals surface area contributed by atoms with Gasteiger partial charge in [0.15, 0.2) is 6.29 Å². The maximum Gasteiger partial charge on any atom is 0.331 e. The molecule has 0 bridgehead atoms. The zero-order valence-electron chi connectivity index (χ0n) is 17.7. The molecule has 1 saturated heterocycles. The largest absolute Gasteiger partial charge is 0.508 e. The number of carbonyl (C=O) groups is 1. The monoisotopic (exact) mass is 414 g/mol. The highest BCUT2D eigenvalue weighted by molar-refractivity contribution is 5.87. The van der Waals surface area contributed by atoms with E-state index in [9.17, 15) is 20.1 Å². The summed E-state index contributed by atoms with van der Waals surface area (Å²) in [5.41, 5.74) is -0.701. The first kappa shape index (κ1) is 21.1. The molecule has 1 saturated carbocycles. The minimum atomic E-state index is -1.15. The number of phenolic OH excluding ortho intramolecular Hbond substituents is 1. The normalized spacial score (nSPS) is 37.4. The minimum Gasteiger partial charge on any atom is -0.508 e. The van der Waals surface area contributed by atoms with E-state index in [2.05, 4.69) is 0 Å². The quantitative estimate of drug-likeness (QED) is 0.399. The molecule has 2 fully saturated rings. The van der Waals surface area contributed by atoms with Crippen molar-refractivity contribution >= 4 is 12.0 Å². The second-order valence-corrected chi connectivity index (χ2v) is 9.58. The van der Waals surface area contributed by atoms with Gasteiger partial charge in [0, 0.05) is 17.4 Å². The molecule has 0 unspecified atom stereocenters. The van der Waals surface area contributed by atoms with Gasteiger partial charge in [-0.2, -0.15) is 0 Å². The Morgan fingerprint density at radius 3 is 2.63 bits per heavy atom. The van der Waals surface area contributed by atoms with Gasteiger partial charge in [-0.05, 0) is 54.0 Å². The number of rotatable bonds is 3. The molecule has 0 radical (unpaired) electrons. The van der Waals surface area contributed by atoms with Gasteiger partial charge >= 0.3 is 5.97 Å². The lowest BCUT2D eigenvalue weighted by atomic mass is 9.45. The minimum absolute atomic E-state index is 0.158. The van der Waals surface area contributed by atoms with Crippen molar-refractivity contribution in [3.8, 4) is 5.75 Å². The molecule has 0 spiro atoms. The first-order valence-electron chi connectivity index (χ1n) is 10.5. The van der Waals surface area contributed by atoms with Crippen molar-refractivity contribution in [2.24, 2.45) is 16.7 Å². The Bertz CT molecular complexity index is 885. The number of carbonyl (C=O) groups excluding carboxylic acids is 1. The number of aliphatic hydroxyl groups excluding tert-OH is 1. The molecule has 6 heteroatoms. The van der Waals surface area contributed by atoms with E-state index in [4.69, 9.17) is 9.47 Å². The van der Waals surface area contributed by atoms with Gasteiger partial charge in [-0.1, -0.05) is 39.0 Å². The average molecular weight is 414 g/mol. The zero-order chi connectivity index (χ0) is 21.7. The van der Waals surface area contributed by atoms with E-state index in [0.717, 1.165) is 11.1 Å². The maximum absolute atomic E-state index is 12.7. The van der Waals surface area contributed by atoms with Crippen molar-refractivity contribution in [3.05, 3.63) is 47.6 Å². The van der Waals surface area contributed by atoms with Gasteiger partial charge in [0.05, 0.1) is 12.2 Å². The summed E-state index contributed by atoms with van der Waals surface area (Å²) in [4.78, 5) is 12.7. The van der Waals surface area contributed by atoms with Crippen LogP contribution >= 0.6 is 0 Å². The summed E-state index contributed by atoms with van der Waals surface area (Å²) in [6.45, 7) is 6.33. The lowest BCUT2D eigenvalue weighted by Crippen LogP contribution is -2.69. The highest BCUT2D eigenvalue weighted by atomic mass is 16.6. The van der Waals surface area contributed by atoms with Crippen LogP contribution in [0, 0.1) is 16.7 Å². The second-order valence-electron chi connectivity index (χ2n) is 9.58. The van der Waals surface area contributed by atoms with Gasteiger partial charge in [-0.3, -0.25) is 0 Å². The lowest BCUT2D eigenvalue weighted by molar-refractivity contribution is -0.267. The molecular weight excluding hydrogens is 384 g/mol. The van der Waals surface area contributed by atoms with Gasteiger partial charge in [-0.15, -0.1) is 0 Å². The Balaban J connectivity index is 1.62. The Morgan fingerprint density at radius 2 is 1.93 bits per heavy atom. The summed E-state index contributed by atoms with van der Waals surface area (Å²) >= 11 is 0. The van der Waals surface area contributed by atoms with Crippen LogP contribution in [0.2, 0.25) is 0 Å². The lowest BCUT2D eigenvalue weighted by Gasteiger charge is -2.63. The molecule has 30 heavy (non-hydrogen) atoms. The Labute approximate surface area is 176 Å². The molecule has 0 aromatic heterocycles. The van der Waals surface area contributed by atoms with Crippen LogP contribution in [0.25, 0.3) is 6.08 Å². The van der Waals surface area contributed by atoms with Crippen LogP contribution in [0.15, 0.2) is 42.0 Å². The van der Waals surface area contributed by atoms with Crippen LogP contribution in [-0.2, 0) is 14.3 Å². The topological polar surface area (TPSA) is 96.2 Å². The molecule has 0 amide bonds. The Kier molecular flexibility index (Phi) is 5.08. The van der Waals surface area contributed by atoms with E-state index in [1.807, 2.05) is 26.8 Å². The summed E-state index contributed by atoms with van der Waals surface area (Å²) in [5.74, 6) is -0.763. The standard InChI is InChI=1S/C24H30O6/c1-22(2)12-11-18(30-19(26)9-6-15-4-7-17(25)8-5-15)23(3)20-16(14-29-21(20)27)10-13-24(22,23)28/h4-10,18,20-21,25,27-28H,11-14H2,1-3H3/t18-,20-,21+,23-,24-/m1/s1. The van der Waals surface area contributed by atoms with Crippen LogP contribution in [0.5, 0.6) is 5.75 Å². The van der Waals surface area contributed by atoms with Crippen LogP contribution in [0.1, 0.15) is 45.6 Å². The van der Waals surface area contributed by atoms with Gasteiger partial charge in [0.1, 0.15) is 11.9 Å². The molecule has 6 nitrogen and oxygen atoms in total. The number of hydrogen-bond donors (Lipinski definition) is 3. The molecule has 5 atom stereocenters. The van der Waals surface area contributed by atoms with E-state index >= 15 is 0 Å². The van der Waals surface area contributed by atoms with Crippen LogP contribution < -0.4 is 0 Å². The molecule has 3 N–H and O–H groups in total. The van der Waals surface area contributed by atoms with Gasteiger partial charge in [-0.25, -0.2) is 4.79 Å². The summed E-state index contributed by atoms with van der Waals surface area (Å²) in [7, 11) is 0. The van der Waals surface area contributed by atoms with E-state index in [-0.39, 0.29) is 5.75 Å². The highest BCUT2D eigenvalue weighted by Crippen LogP contribution is 2.64. The zero-order valence-corrected chi connectivity index (χ0v) is 17.7. The van der Waals surface area contributed by atoms with E-state index < -0.39 is 40.7 Å². The van der Waals surface area contributed by atoms with Crippen molar-refractivity contribution in [1.82, 2.24) is 0 Å². The Morgan fingerprint density at radius 1 is 1.23 bits per heavy atom. The van der Waals surface area contributed by atoms with Crippen molar-refractivity contribution in [2.75, 3.05) is 6.61 Å². The van der Waals surface area contributed by atoms with E-state index in [1.165, 1.54) is 6.08 Å². The smallest absolute Gasteiger partial charge is 0.331 e. The van der Waals surface area contributed by atoms with Gasteiger partial charge in [0.25, 0.3) is 0 Å². The fourth-order valence-electron chi connectivity index (χ4n) is 5.76. The summed E-state index contributed by atoms with van der Waals surface area (Å²) in [6, 6.07) is 6.50. The number of benzene rings is 1. The van der Waals surface area contributed by atoms with Crippen LogP contribution in [0.3, 0.4) is 0 Å². The summed E-state index contributed by atoms with van der Waals surface area (Å²) in [6.07, 6.45) is 5.12. The molecule has 1 heterocycles. The number of fused-ring (bicyclic) bond motifs is 3. The van der Waals surface area contributed by atoms with Gasteiger partial charge in [0.2, 0.25) is 0 Å². The highest BCUT2D eigenvalue weighted by Gasteiger charge is 2.69. The fraction of sp³-hybridized carbons (Fsp3) is 0.542. The maximum atomic E-state index is 12.7. The molecule has 1 aliphatic heterocycles. The average Bonchev–Trinajstić information content (AvgIpc) is 3.08. The number of aliphatic hydroxyl groups is 2. The Hall–Kier alpha value is -2.15. The molecule has 1 aromatic rings. The van der Waals surface area contributed by atoms with Crippen LogP contribution in [0.4, 0.5) is 0 Å². The fourth-order valence-corrected chi connectivity index (χ4v) is 5.76. The molecule has 2 aliphatic carbocycles. The third kappa shape index (κ3) is 3.09. The van der Waals surface area contributed by atoms with Gasteiger partial charge < -0.3 is 24.8 Å². The van der Waals surface area contributed by atoms with E-state index in [0.29, 0.717) is 25.9 Å². The number of phenols is 1. The third-order valence-corrected chi connectivity index (χ3v) is 7.69. The molecule has 4 rings (SSSR count). The third-order valence-electron chi connectivity index (χ3n) is 7.69. The van der Waals surface area contributed by atoms with Crippen molar-refractivity contribution in [1.29, 1.82) is 0 Å². The van der Waals surface area contributed by atoms with Crippen molar-refractivity contribution in [3.63, 3.8) is 0 Å². The van der Waals surface area contributed by atoms with Crippen LogP contribution in [-0.4, -0.2) is 45.9 Å². The molecular formula is C24H30O6. The summed E-state index contributed by atoms with van der Waals surface area (Å²) < 4.78 is 11.4. The first-order valence-corrected chi connectivity index (χ1v) is 10.5. The second kappa shape index (κ2) is 7.22. The predicted molar refractivity (Wildman–Crippen MR) is 111 cm³/mol. The molecule has 162 valence electrons. The number of esters is 1. The molecule has 1 aromatic carbocycles. The van der Waals surface area contributed by atoms with Crippen molar-refractivity contribution < 1.29 is 29.6 Å². The number of ether oxygens (including phenoxy) is 2. The molecule has 3 aliphatic rings. The predicted octanol–water partition coefficient (Wildman–Crippen LogP) is 3.17. The van der Waals surface area contributed by atoms with Crippen molar-refractivity contribution in [2.45, 2.75) is 58.0 Å².